The first-order valence-electron chi connectivity index (χ1n) is 7.60. The molecule has 1 aliphatic carbocycles. The zero-order valence-electron chi connectivity index (χ0n) is 12.1. The smallest absolute Gasteiger partial charge is 0.137 e. The van der Waals surface area contributed by atoms with Crippen molar-refractivity contribution in [2.24, 2.45) is 0 Å². The SMILES string of the molecule is O[C@@H]1C=Cc2c(c(F)c3ccc4cccc5ccc2c3c45)[C@H]1O. The lowest BCUT2D eigenvalue weighted by atomic mass is 9.84. The van der Waals surface area contributed by atoms with Crippen LogP contribution >= 0.6 is 0 Å². The van der Waals surface area contributed by atoms with E-state index in [1.54, 1.807) is 12.1 Å². The van der Waals surface area contributed by atoms with Gasteiger partial charge in [-0.05, 0) is 27.1 Å². The van der Waals surface area contributed by atoms with Crippen LogP contribution in [0.15, 0.2) is 48.5 Å². The van der Waals surface area contributed by atoms with E-state index >= 15 is 4.39 Å². The van der Waals surface area contributed by atoms with Gasteiger partial charge < -0.3 is 10.2 Å². The Morgan fingerprint density at radius 2 is 1.52 bits per heavy atom. The average Bonchev–Trinajstić information content (AvgIpc) is 2.57. The van der Waals surface area contributed by atoms with Gasteiger partial charge in [-0.1, -0.05) is 54.6 Å². The first-order valence-corrected chi connectivity index (χ1v) is 7.60. The molecule has 5 rings (SSSR count). The zero-order valence-corrected chi connectivity index (χ0v) is 12.1. The minimum absolute atomic E-state index is 0.186. The molecule has 0 spiro atoms. The first kappa shape index (κ1) is 13.0. The standard InChI is InChI=1S/C20H13FO2/c21-19-14-7-5-11-3-1-2-10-4-6-12(17(14)16(10)11)13-8-9-15(22)20(23)18(13)19/h1-9,15,20,22-23H/t15-,20+/m1/s1. The molecule has 2 atom stereocenters. The van der Waals surface area contributed by atoms with Crippen LogP contribution in [0.1, 0.15) is 17.2 Å². The molecule has 0 aliphatic heterocycles. The molecule has 0 bridgehead atoms. The molecule has 0 amide bonds. The van der Waals surface area contributed by atoms with Gasteiger partial charge in [0.15, 0.2) is 0 Å². The van der Waals surface area contributed by atoms with Crippen LogP contribution < -0.4 is 0 Å². The molecule has 0 fully saturated rings. The number of benzene rings is 4. The van der Waals surface area contributed by atoms with Crippen molar-refractivity contribution in [3.05, 3.63) is 65.5 Å². The van der Waals surface area contributed by atoms with E-state index in [-0.39, 0.29) is 5.56 Å². The van der Waals surface area contributed by atoms with Gasteiger partial charge >= 0.3 is 0 Å². The van der Waals surface area contributed by atoms with E-state index in [0.717, 1.165) is 26.9 Å². The van der Waals surface area contributed by atoms with Crippen LogP contribution in [0.3, 0.4) is 0 Å². The summed E-state index contributed by atoms with van der Waals surface area (Å²) < 4.78 is 15.1. The van der Waals surface area contributed by atoms with Crippen molar-refractivity contribution in [1.29, 1.82) is 0 Å². The Kier molecular flexibility index (Phi) is 2.42. The molecule has 112 valence electrons. The fraction of sp³-hybridized carbons (Fsp3) is 0.100. The van der Waals surface area contributed by atoms with Crippen LogP contribution in [0.4, 0.5) is 4.39 Å². The normalized spacial score (nSPS) is 20.7. The van der Waals surface area contributed by atoms with Crippen molar-refractivity contribution in [3.8, 4) is 0 Å². The second kappa shape index (κ2) is 4.28. The molecule has 0 saturated carbocycles. The zero-order chi connectivity index (χ0) is 15.7. The first-order chi connectivity index (χ1) is 11.2. The summed E-state index contributed by atoms with van der Waals surface area (Å²) >= 11 is 0. The van der Waals surface area contributed by atoms with Gasteiger partial charge in [0.25, 0.3) is 0 Å². The number of hydrogen-bond donors (Lipinski definition) is 2. The largest absolute Gasteiger partial charge is 0.386 e. The van der Waals surface area contributed by atoms with Gasteiger partial charge in [-0.2, -0.15) is 0 Å². The summed E-state index contributed by atoms with van der Waals surface area (Å²) in [7, 11) is 0. The van der Waals surface area contributed by atoms with E-state index in [4.69, 9.17) is 0 Å². The third-order valence-corrected chi connectivity index (χ3v) is 4.91. The van der Waals surface area contributed by atoms with E-state index < -0.39 is 18.0 Å². The van der Waals surface area contributed by atoms with Gasteiger partial charge in [-0.3, -0.25) is 0 Å². The molecular formula is C20H13FO2. The van der Waals surface area contributed by atoms with Crippen LogP contribution in [0, 0.1) is 5.82 Å². The summed E-state index contributed by atoms with van der Waals surface area (Å²) in [6.45, 7) is 0. The van der Waals surface area contributed by atoms with Crippen LogP contribution in [0.25, 0.3) is 38.4 Å². The topological polar surface area (TPSA) is 40.5 Å². The van der Waals surface area contributed by atoms with Gasteiger partial charge in [0.1, 0.15) is 18.0 Å². The van der Waals surface area contributed by atoms with Crippen molar-refractivity contribution in [3.63, 3.8) is 0 Å². The molecule has 0 radical (unpaired) electrons. The molecule has 2 N–H and O–H groups in total. The average molecular weight is 304 g/mol. The highest BCUT2D eigenvalue weighted by molar-refractivity contribution is 6.24. The Morgan fingerprint density at radius 1 is 0.826 bits per heavy atom. The maximum atomic E-state index is 15.1. The molecule has 0 saturated heterocycles. The second-order valence-corrected chi connectivity index (χ2v) is 6.12. The molecule has 0 unspecified atom stereocenters. The molecular weight excluding hydrogens is 291 g/mol. The lowest BCUT2D eigenvalue weighted by molar-refractivity contribution is 0.0448. The maximum Gasteiger partial charge on any atom is 0.137 e. The predicted octanol–water partition coefficient (Wildman–Crippen LogP) is 4.14. The Balaban J connectivity index is 2.10. The molecule has 1 aliphatic rings. The lowest BCUT2D eigenvalue weighted by Crippen LogP contribution is -2.21. The Hall–Kier alpha value is -2.49. The van der Waals surface area contributed by atoms with Crippen molar-refractivity contribution in [2.45, 2.75) is 12.2 Å². The van der Waals surface area contributed by atoms with Crippen LogP contribution in [0.2, 0.25) is 0 Å². The fourth-order valence-electron chi connectivity index (χ4n) is 3.84. The number of rotatable bonds is 0. The van der Waals surface area contributed by atoms with Crippen LogP contribution in [-0.2, 0) is 0 Å². The number of fused-ring (bicyclic) bond motifs is 2. The summed E-state index contributed by atoms with van der Waals surface area (Å²) in [5.74, 6) is -0.443. The Morgan fingerprint density at radius 3 is 2.26 bits per heavy atom. The number of hydrogen-bond acceptors (Lipinski definition) is 2. The maximum absolute atomic E-state index is 15.1. The molecule has 2 nitrogen and oxygen atoms in total. The number of aliphatic hydroxyl groups excluding tert-OH is 2. The highest BCUT2D eigenvalue weighted by Crippen LogP contribution is 2.43. The van der Waals surface area contributed by atoms with E-state index in [2.05, 4.69) is 0 Å². The molecule has 4 aromatic carbocycles. The van der Waals surface area contributed by atoms with E-state index in [0.29, 0.717) is 10.9 Å². The van der Waals surface area contributed by atoms with Gasteiger partial charge in [0.05, 0.1) is 0 Å². The van der Waals surface area contributed by atoms with Gasteiger partial charge in [0, 0.05) is 16.3 Å². The van der Waals surface area contributed by atoms with Crippen LogP contribution in [0.5, 0.6) is 0 Å². The summed E-state index contributed by atoms with van der Waals surface area (Å²) in [6, 6.07) is 13.7. The molecule has 0 aromatic heterocycles. The van der Waals surface area contributed by atoms with Crippen molar-refractivity contribution < 1.29 is 14.6 Å². The van der Waals surface area contributed by atoms with Crippen molar-refractivity contribution >= 4 is 38.4 Å². The fourth-order valence-corrected chi connectivity index (χ4v) is 3.84. The third kappa shape index (κ3) is 1.53. The monoisotopic (exact) mass is 304 g/mol. The lowest BCUT2D eigenvalue weighted by Gasteiger charge is -2.25. The molecule has 3 heteroatoms. The molecule has 23 heavy (non-hydrogen) atoms. The van der Waals surface area contributed by atoms with Gasteiger partial charge in [-0.25, -0.2) is 4.39 Å². The van der Waals surface area contributed by atoms with Crippen molar-refractivity contribution in [1.82, 2.24) is 0 Å². The Bertz CT molecular complexity index is 1100. The number of halogens is 1. The quantitative estimate of drug-likeness (QED) is 0.479. The minimum Gasteiger partial charge on any atom is -0.386 e. The summed E-state index contributed by atoms with van der Waals surface area (Å²) in [5, 5.41) is 25.6. The second-order valence-electron chi connectivity index (χ2n) is 6.12. The minimum atomic E-state index is -1.24. The Labute approximate surface area is 131 Å². The predicted molar refractivity (Wildman–Crippen MR) is 90.1 cm³/mol. The summed E-state index contributed by atoms with van der Waals surface area (Å²) in [4.78, 5) is 0. The third-order valence-electron chi connectivity index (χ3n) is 4.91. The summed E-state index contributed by atoms with van der Waals surface area (Å²) in [6.07, 6.45) is 0.910. The van der Waals surface area contributed by atoms with Crippen molar-refractivity contribution in [2.75, 3.05) is 0 Å². The van der Waals surface area contributed by atoms with E-state index in [1.165, 1.54) is 6.08 Å². The molecule has 4 aromatic rings. The van der Waals surface area contributed by atoms with E-state index in [9.17, 15) is 10.2 Å². The molecule has 0 heterocycles. The van der Waals surface area contributed by atoms with Crippen LogP contribution in [-0.4, -0.2) is 16.3 Å². The highest BCUT2D eigenvalue weighted by atomic mass is 19.1. The number of aliphatic hydroxyl groups is 2. The summed E-state index contributed by atoms with van der Waals surface area (Å²) in [5.41, 5.74) is 0.844. The highest BCUT2D eigenvalue weighted by Gasteiger charge is 2.29. The van der Waals surface area contributed by atoms with Gasteiger partial charge in [0.2, 0.25) is 0 Å². The van der Waals surface area contributed by atoms with E-state index in [1.807, 2.05) is 36.4 Å². The van der Waals surface area contributed by atoms with Gasteiger partial charge in [-0.15, -0.1) is 0 Å².